The van der Waals surface area contributed by atoms with Crippen molar-refractivity contribution in [1.82, 2.24) is 4.90 Å². The van der Waals surface area contributed by atoms with E-state index < -0.39 is 0 Å². The molecule has 80 valence electrons. The van der Waals surface area contributed by atoms with Crippen molar-refractivity contribution in [3.05, 3.63) is 29.8 Å². The van der Waals surface area contributed by atoms with Crippen LogP contribution in [0, 0.1) is 0 Å². The van der Waals surface area contributed by atoms with E-state index in [1.165, 1.54) is 0 Å². The molecular formula is C11H14N2O2. The number of nitrogens with one attached hydrogen (secondary N) is 1. The average Bonchev–Trinajstić information content (AvgIpc) is 2.59. The lowest BCUT2D eigenvalue weighted by molar-refractivity contribution is 0.135. The van der Waals surface area contributed by atoms with Crippen molar-refractivity contribution in [2.24, 2.45) is 0 Å². The van der Waals surface area contributed by atoms with Gasteiger partial charge in [-0.3, -0.25) is 0 Å². The lowest BCUT2D eigenvalue weighted by Gasteiger charge is -2.13. The molecule has 2 rings (SSSR count). The fourth-order valence-electron chi connectivity index (χ4n) is 1.74. The van der Waals surface area contributed by atoms with Crippen LogP contribution in [0.4, 0.5) is 10.5 Å². The quantitative estimate of drug-likeness (QED) is 0.803. The minimum atomic E-state index is -0.258. The highest BCUT2D eigenvalue weighted by Crippen LogP contribution is 2.30. The Kier molecular flexibility index (Phi) is 2.49. The Labute approximate surface area is 88.8 Å². The summed E-state index contributed by atoms with van der Waals surface area (Å²) < 4.78 is 5.25. The van der Waals surface area contributed by atoms with Crippen molar-refractivity contribution in [2.75, 3.05) is 26.0 Å². The number of ether oxygens (including phenoxy) is 1. The van der Waals surface area contributed by atoms with Gasteiger partial charge >= 0.3 is 6.09 Å². The molecule has 0 aliphatic carbocycles. The number of hydrogen-bond donors (Lipinski definition) is 1. The van der Waals surface area contributed by atoms with Crippen LogP contribution in [0.15, 0.2) is 24.3 Å². The number of likely N-dealkylation sites (N-methyl/N-ethyl adjacent to an activating group) is 1. The third-order valence-corrected chi connectivity index (χ3v) is 2.57. The van der Waals surface area contributed by atoms with E-state index in [1.54, 1.807) is 11.9 Å². The molecular weight excluding hydrogens is 192 g/mol. The Morgan fingerprint density at radius 1 is 1.47 bits per heavy atom. The van der Waals surface area contributed by atoms with E-state index in [2.05, 4.69) is 5.32 Å². The molecule has 0 aromatic heterocycles. The number of anilines is 1. The maximum atomic E-state index is 11.2. The molecule has 0 saturated carbocycles. The van der Waals surface area contributed by atoms with Crippen molar-refractivity contribution >= 4 is 11.8 Å². The number of nitrogens with zero attached hydrogens (tertiary/aromatic N) is 1. The normalized spacial score (nSPS) is 20.3. The van der Waals surface area contributed by atoms with E-state index in [-0.39, 0.29) is 12.2 Å². The monoisotopic (exact) mass is 206 g/mol. The lowest BCUT2D eigenvalue weighted by atomic mass is 10.1. The zero-order valence-electron chi connectivity index (χ0n) is 8.86. The second-order valence-corrected chi connectivity index (χ2v) is 3.59. The first-order valence-electron chi connectivity index (χ1n) is 4.91. The predicted octanol–water partition coefficient (Wildman–Crippen LogP) is 1.85. The molecule has 0 bridgehead atoms. The molecule has 1 aromatic carbocycles. The fourth-order valence-corrected chi connectivity index (χ4v) is 1.74. The van der Waals surface area contributed by atoms with E-state index in [1.807, 2.05) is 31.3 Å². The summed E-state index contributed by atoms with van der Waals surface area (Å²) in [5.41, 5.74) is 2.03. The molecule has 1 N–H and O–H groups in total. The number of cyclic esters (lactones) is 1. The van der Waals surface area contributed by atoms with Crippen molar-refractivity contribution in [3.63, 3.8) is 0 Å². The maximum absolute atomic E-state index is 11.2. The number of amides is 1. The Hall–Kier alpha value is -1.71. The van der Waals surface area contributed by atoms with Gasteiger partial charge < -0.3 is 15.0 Å². The Morgan fingerprint density at radius 3 is 2.80 bits per heavy atom. The predicted molar refractivity (Wildman–Crippen MR) is 57.8 cm³/mol. The smallest absolute Gasteiger partial charge is 0.410 e. The fraction of sp³-hybridized carbons (Fsp3) is 0.364. The van der Waals surface area contributed by atoms with E-state index in [4.69, 9.17) is 4.74 Å². The highest BCUT2D eigenvalue weighted by molar-refractivity contribution is 5.70. The average molecular weight is 206 g/mol. The number of carbonyl (C=O) groups is 1. The van der Waals surface area contributed by atoms with Crippen molar-refractivity contribution in [2.45, 2.75) is 6.10 Å². The summed E-state index contributed by atoms with van der Waals surface area (Å²) in [5, 5.41) is 3.09. The summed E-state index contributed by atoms with van der Waals surface area (Å²) in [5.74, 6) is 0. The number of hydrogen-bond acceptors (Lipinski definition) is 3. The molecule has 1 aliphatic heterocycles. The first-order valence-corrected chi connectivity index (χ1v) is 4.91. The summed E-state index contributed by atoms with van der Waals surface area (Å²) in [6.07, 6.45) is -0.419. The van der Waals surface area contributed by atoms with Gasteiger partial charge in [-0.1, -0.05) is 18.2 Å². The van der Waals surface area contributed by atoms with Gasteiger partial charge in [0.05, 0.1) is 6.54 Å². The van der Waals surface area contributed by atoms with Crippen LogP contribution in [0.25, 0.3) is 0 Å². The van der Waals surface area contributed by atoms with E-state index in [9.17, 15) is 4.79 Å². The second-order valence-electron chi connectivity index (χ2n) is 3.59. The number of carbonyl (C=O) groups excluding carboxylic acids is 1. The largest absolute Gasteiger partial charge is 0.439 e. The molecule has 1 saturated heterocycles. The molecule has 1 heterocycles. The van der Waals surface area contributed by atoms with E-state index >= 15 is 0 Å². The van der Waals surface area contributed by atoms with Gasteiger partial charge in [-0.05, 0) is 6.07 Å². The topological polar surface area (TPSA) is 41.6 Å². The van der Waals surface area contributed by atoms with Crippen molar-refractivity contribution < 1.29 is 9.53 Å². The Morgan fingerprint density at radius 2 is 2.20 bits per heavy atom. The summed E-state index contributed by atoms with van der Waals surface area (Å²) in [4.78, 5) is 12.8. The highest BCUT2D eigenvalue weighted by atomic mass is 16.6. The van der Waals surface area contributed by atoms with Gasteiger partial charge in [-0.15, -0.1) is 0 Å². The molecule has 1 aliphatic rings. The highest BCUT2D eigenvalue weighted by Gasteiger charge is 2.30. The minimum Gasteiger partial charge on any atom is -0.439 e. The van der Waals surface area contributed by atoms with Crippen LogP contribution in [0.2, 0.25) is 0 Å². The van der Waals surface area contributed by atoms with Crippen molar-refractivity contribution in [3.8, 4) is 0 Å². The first kappa shape index (κ1) is 9.83. The van der Waals surface area contributed by atoms with Crippen LogP contribution in [0.3, 0.4) is 0 Å². The minimum absolute atomic E-state index is 0.161. The van der Waals surface area contributed by atoms with Crippen LogP contribution in [-0.2, 0) is 4.74 Å². The van der Waals surface area contributed by atoms with Crippen LogP contribution in [0.1, 0.15) is 11.7 Å². The Bertz CT molecular complexity index is 379. The summed E-state index contributed by atoms with van der Waals surface area (Å²) in [6.45, 7) is 0.609. The summed E-state index contributed by atoms with van der Waals surface area (Å²) >= 11 is 0. The molecule has 1 aromatic rings. The third-order valence-electron chi connectivity index (χ3n) is 2.57. The van der Waals surface area contributed by atoms with Gasteiger partial charge in [0.15, 0.2) is 0 Å². The summed E-state index contributed by atoms with van der Waals surface area (Å²) in [6, 6.07) is 7.85. The van der Waals surface area contributed by atoms with Crippen LogP contribution >= 0.6 is 0 Å². The molecule has 15 heavy (non-hydrogen) atoms. The Balaban J connectivity index is 2.27. The standard InChI is InChI=1S/C11H14N2O2/c1-12-9-6-4-3-5-8(9)10-7-13(2)11(14)15-10/h3-6,10,12H,7H2,1-2H3. The molecule has 1 unspecified atom stereocenters. The van der Waals surface area contributed by atoms with Gasteiger partial charge in [0.25, 0.3) is 0 Å². The molecule has 4 heteroatoms. The maximum Gasteiger partial charge on any atom is 0.410 e. The van der Waals surface area contributed by atoms with Crippen LogP contribution in [-0.4, -0.2) is 31.6 Å². The van der Waals surface area contributed by atoms with Gasteiger partial charge in [0.1, 0.15) is 6.10 Å². The van der Waals surface area contributed by atoms with Crippen LogP contribution < -0.4 is 5.32 Å². The third kappa shape index (κ3) is 1.75. The van der Waals surface area contributed by atoms with Gasteiger partial charge in [-0.25, -0.2) is 4.79 Å². The number of rotatable bonds is 2. The number of benzene rings is 1. The second kappa shape index (κ2) is 3.81. The van der Waals surface area contributed by atoms with Gasteiger partial charge in [0.2, 0.25) is 0 Å². The van der Waals surface area contributed by atoms with Crippen LogP contribution in [0.5, 0.6) is 0 Å². The van der Waals surface area contributed by atoms with E-state index in [0.717, 1.165) is 11.3 Å². The molecule has 1 atom stereocenters. The van der Waals surface area contributed by atoms with Crippen molar-refractivity contribution in [1.29, 1.82) is 0 Å². The van der Waals surface area contributed by atoms with E-state index in [0.29, 0.717) is 6.54 Å². The lowest BCUT2D eigenvalue weighted by Crippen LogP contribution is -2.17. The SMILES string of the molecule is CNc1ccccc1C1CN(C)C(=O)O1. The number of para-hydroxylation sites is 1. The van der Waals surface area contributed by atoms with Gasteiger partial charge in [-0.2, -0.15) is 0 Å². The summed E-state index contributed by atoms with van der Waals surface area (Å²) in [7, 11) is 3.60. The molecule has 1 fully saturated rings. The molecule has 0 radical (unpaired) electrons. The van der Waals surface area contributed by atoms with Gasteiger partial charge in [0, 0.05) is 25.3 Å². The molecule has 0 spiro atoms. The zero-order valence-corrected chi connectivity index (χ0v) is 8.86. The zero-order chi connectivity index (χ0) is 10.8. The molecule has 4 nitrogen and oxygen atoms in total. The first-order chi connectivity index (χ1) is 7.22. The molecule has 1 amide bonds.